The zero-order chi connectivity index (χ0) is 22.1. The summed E-state index contributed by atoms with van der Waals surface area (Å²) < 4.78 is 7.64. The molecule has 4 heterocycles. The van der Waals surface area contributed by atoms with E-state index in [9.17, 15) is 4.79 Å². The Labute approximate surface area is 193 Å². The van der Waals surface area contributed by atoms with Crippen LogP contribution < -0.4 is 10.5 Å². The molecule has 0 spiro atoms. The van der Waals surface area contributed by atoms with E-state index in [2.05, 4.69) is 36.8 Å². The van der Waals surface area contributed by atoms with Crippen LogP contribution in [0.15, 0.2) is 40.3 Å². The highest BCUT2D eigenvalue weighted by Crippen LogP contribution is 2.28. The van der Waals surface area contributed by atoms with Crippen LogP contribution in [0.25, 0.3) is 10.2 Å². The summed E-state index contributed by atoms with van der Waals surface area (Å²) in [6.45, 7) is 7.63. The van der Waals surface area contributed by atoms with E-state index in [1.807, 2.05) is 32.0 Å². The number of aryl methyl sites for hydroxylation is 2. The molecule has 0 atom stereocenters. The highest BCUT2D eigenvalue weighted by atomic mass is 32.2. The molecule has 166 valence electrons. The van der Waals surface area contributed by atoms with Crippen molar-refractivity contribution in [2.24, 2.45) is 0 Å². The van der Waals surface area contributed by atoms with Crippen molar-refractivity contribution in [1.82, 2.24) is 24.7 Å². The highest BCUT2D eigenvalue weighted by Gasteiger charge is 2.21. The van der Waals surface area contributed by atoms with Gasteiger partial charge in [-0.3, -0.25) is 9.36 Å². The number of nitrogens with one attached hydrogen (secondary N) is 1. The van der Waals surface area contributed by atoms with Gasteiger partial charge in [-0.2, -0.15) is 0 Å². The molecule has 0 aliphatic carbocycles. The van der Waals surface area contributed by atoms with Gasteiger partial charge in [0.2, 0.25) is 5.95 Å². The van der Waals surface area contributed by atoms with Crippen LogP contribution >= 0.6 is 23.1 Å². The smallest absolute Gasteiger partial charge is 0.259 e. The summed E-state index contributed by atoms with van der Waals surface area (Å²) in [5.41, 5.74) is 2.11. The maximum Gasteiger partial charge on any atom is 0.259 e. The molecule has 5 rings (SSSR count). The lowest BCUT2D eigenvalue weighted by Crippen LogP contribution is -2.38. The SMILES string of the molecule is Cc1sc2nc(CSc3nnc(N4CCOCC4)n3Cc3ccccc3)[nH]c(=O)c2c1C. The minimum absolute atomic E-state index is 0.0767. The Balaban J connectivity index is 1.43. The molecular weight excluding hydrogens is 444 g/mol. The fraction of sp³-hybridized carbons (Fsp3) is 0.364. The third kappa shape index (κ3) is 4.17. The Morgan fingerprint density at radius 1 is 1.16 bits per heavy atom. The second-order valence-electron chi connectivity index (χ2n) is 7.72. The predicted octanol–water partition coefficient (Wildman–Crippen LogP) is 3.37. The number of fused-ring (bicyclic) bond motifs is 1. The predicted molar refractivity (Wildman–Crippen MR) is 128 cm³/mol. The summed E-state index contributed by atoms with van der Waals surface area (Å²) in [6, 6.07) is 10.3. The van der Waals surface area contributed by atoms with Crippen LogP contribution in [0.3, 0.4) is 0 Å². The lowest BCUT2D eigenvalue weighted by molar-refractivity contribution is 0.121. The summed E-state index contributed by atoms with van der Waals surface area (Å²) >= 11 is 3.10. The van der Waals surface area contributed by atoms with Crippen molar-refractivity contribution in [3.8, 4) is 0 Å². The van der Waals surface area contributed by atoms with Crippen molar-refractivity contribution in [3.05, 3.63) is 62.5 Å². The number of aromatic amines is 1. The van der Waals surface area contributed by atoms with Crippen LogP contribution in [-0.4, -0.2) is 51.0 Å². The number of hydrogen-bond acceptors (Lipinski definition) is 8. The maximum absolute atomic E-state index is 12.6. The fourth-order valence-corrected chi connectivity index (χ4v) is 5.64. The molecule has 0 amide bonds. The van der Waals surface area contributed by atoms with Crippen LogP contribution in [0.1, 0.15) is 21.8 Å². The van der Waals surface area contributed by atoms with Crippen LogP contribution in [0, 0.1) is 13.8 Å². The third-order valence-electron chi connectivity index (χ3n) is 5.60. The first-order valence-corrected chi connectivity index (χ1v) is 12.3. The molecule has 1 fully saturated rings. The van der Waals surface area contributed by atoms with Gasteiger partial charge in [0, 0.05) is 18.0 Å². The third-order valence-corrected chi connectivity index (χ3v) is 7.68. The van der Waals surface area contributed by atoms with Gasteiger partial charge in [0.05, 0.1) is 30.9 Å². The molecule has 8 nitrogen and oxygen atoms in total. The van der Waals surface area contributed by atoms with Crippen molar-refractivity contribution in [3.63, 3.8) is 0 Å². The molecule has 32 heavy (non-hydrogen) atoms. The first kappa shape index (κ1) is 21.2. The zero-order valence-electron chi connectivity index (χ0n) is 18.0. The zero-order valence-corrected chi connectivity index (χ0v) is 19.6. The summed E-state index contributed by atoms with van der Waals surface area (Å²) in [6.07, 6.45) is 0. The Hall–Kier alpha value is -2.69. The molecule has 10 heteroatoms. The number of benzene rings is 1. The monoisotopic (exact) mass is 468 g/mol. The van der Waals surface area contributed by atoms with E-state index in [4.69, 9.17) is 9.72 Å². The van der Waals surface area contributed by atoms with Gasteiger partial charge in [0.25, 0.3) is 5.56 Å². The maximum atomic E-state index is 12.6. The van der Waals surface area contributed by atoms with Gasteiger partial charge in [-0.15, -0.1) is 21.5 Å². The van der Waals surface area contributed by atoms with E-state index in [0.717, 1.165) is 39.5 Å². The number of thioether (sulfide) groups is 1. The number of thiophene rings is 1. The molecule has 3 aromatic heterocycles. The number of hydrogen-bond donors (Lipinski definition) is 1. The van der Waals surface area contributed by atoms with Gasteiger partial charge in [-0.25, -0.2) is 4.98 Å². The summed E-state index contributed by atoms with van der Waals surface area (Å²) in [5.74, 6) is 2.01. The number of ether oxygens (including phenoxy) is 1. The normalized spacial score (nSPS) is 14.4. The van der Waals surface area contributed by atoms with Gasteiger partial charge in [-0.1, -0.05) is 42.1 Å². The molecule has 1 aliphatic rings. The molecule has 1 aromatic carbocycles. The lowest BCUT2D eigenvalue weighted by atomic mass is 10.2. The molecular formula is C22H24N6O2S2. The minimum Gasteiger partial charge on any atom is -0.378 e. The molecule has 0 bridgehead atoms. The fourth-order valence-electron chi connectivity index (χ4n) is 3.79. The van der Waals surface area contributed by atoms with E-state index >= 15 is 0 Å². The van der Waals surface area contributed by atoms with Crippen molar-refractivity contribution in [2.75, 3.05) is 31.2 Å². The van der Waals surface area contributed by atoms with Crippen molar-refractivity contribution < 1.29 is 4.74 Å². The average molecular weight is 469 g/mol. The Bertz CT molecular complexity index is 1290. The Kier molecular flexibility index (Phi) is 5.99. The van der Waals surface area contributed by atoms with E-state index < -0.39 is 0 Å². The molecule has 0 unspecified atom stereocenters. The van der Waals surface area contributed by atoms with Crippen LogP contribution in [0.2, 0.25) is 0 Å². The molecule has 1 N–H and O–H groups in total. The van der Waals surface area contributed by atoms with Gasteiger partial charge < -0.3 is 14.6 Å². The first-order chi connectivity index (χ1) is 15.6. The summed E-state index contributed by atoms with van der Waals surface area (Å²) in [4.78, 5) is 24.4. The van der Waals surface area contributed by atoms with Gasteiger partial charge in [-0.05, 0) is 25.0 Å². The van der Waals surface area contributed by atoms with Gasteiger partial charge in [0.1, 0.15) is 10.7 Å². The number of rotatable bonds is 6. The standard InChI is InChI=1S/C22H24N6O2S2/c1-14-15(2)32-20-18(14)19(29)23-17(24-20)13-31-22-26-25-21(27-8-10-30-11-9-27)28(22)12-16-6-4-3-5-7-16/h3-7H,8-13H2,1-2H3,(H,23,24,29). The first-order valence-electron chi connectivity index (χ1n) is 10.5. The van der Waals surface area contributed by atoms with Gasteiger partial charge in [0.15, 0.2) is 5.16 Å². The Morgan fingerprint density at radius 2 is 1.94 bits per heavy atom. The largest absolute Gasteiger partial charge is 0.378 e. The van der Waals surface area contributed by atoms with E-state index in [0.29, 0.717) is 36.7 Å². The lowest BCUT2D eigenvalue weighted by Gasteiger charge is -2.28. The highest BCUT2D eigenvalue weighted by molar-refractivity contribution is 7.98. The molecule has 1 aliphatic heterocycles. The second kappa shape index (κ2) is 9.05. The minimum atomic E-state index is -0.0767. The molecule has 4 aromatic rings. The van der Waals surface area contributed by atoms with E-state index in [1.165, 1.54) is 17.3 Å². The number of anilines is 1. The van der Waals surface area contributed by atoms with Crippen molar-refractivity contribution >= 4 is 39.3 Å². The summed E-state index contributed by atoms with van der Waals surface area (Å²) in [5, 5.41) is 10.5. The molecule has 0 radical (unpaired) electrons. The topological polar surface area (TPSA) is 88.9 Å². The second-order valence-corrected chi connectivity index (χ2v) is 9.86. The quantitative estimate of drug-likeness (QED) is 0.434. The van der Waals surface area contributed by atoms with Crippen molar-refractivity contribution in [1.29, 1.82) is 0 Å². The number of H-pyrrole nitrogens is 1. The summed E-state index contributed by atoms with van der Waals surface area (Å²) in [7, 11) is 0. The van der Waals surface area contributed by atoms with E-state index in [1.54, 1.807) is 11.3 Å². The van der Waals surface area contributed by atoms with E-state index in [-0.39, 0.29) is 5.56 Å². The van der Waals surface area contributed by atoms with Gasteiger partial charge >= 0.3 is 0 Å². The average Bonchev–Trinajstić information content (AvgIpc) is 3.33. The Morgan fingerprint density at radius 3 is 2.72 bits per heavy atom. The number of aromatic nitrogens is 5. The van der Waals surface area contributed by atoms with Crippen LogP contribution in [0.4, 0.5) is 5.95 Å². The van der Waals surface area contributed by atoms with Crippen molar-refractivity contribution in [2.45, 2.75) is 31.3 Å². The number of nitrogens with zero attached hydrogens (tertiary/aromatic N) is 5. The number of morpholine rings is 1. The molecule has 0 saturated carbocycles. The molecule has 1 saturated heterocycles. The van der Waals surface area contributed by atoms with Crippen LogP contribution in [0.5, 0.6) is 0 Å². The van der Waals surface area contributed by atoms with Crippen LogP contribution in [-0.2, 0) is 17.0 Å².